The fourth-order valence-corrected chi connectivity index (χ4v) is 4.60. The fourth-order valence-electron chi connectivity index (χ4n) is 4.60. The van der Waals surface area contributed by atoms with Gasteiger partial charge < -0.3 is 36.2 Å². The number of nitrogens with one attached hydrogen (secondary N) is 5. The Morgan fingerprint density at radius 3 is 1.74 bits per heavy atom. The van der Waals surface area contributed by atoms with E-state index in [1.54, 1.807) is 20.9 Å². The van der Waals surface area contributed by atoms with Gasteiger partial charge in [-0.3, -0.25) is 33.6 Å². The number of ether oxygens (including phenoxy) is 1. The van der Waals surface area contributed by atoms with Crippen LogP contribution in [0.2, 0.25) is 0 Å². The molecule has 0 aromatic rings. The van der Waals surface area contributed by atoms with Crippen LogP contribution in [-0.2, 0) is 38.3 Å². The van der Waals surface area contributed by atoms with Crippen molar-refractivity contribution in [1.82, 2.24) is 31.5 Å². The Labute approximate surface area is 274 Å². The first kappa shape index (κ1) is 42.5. The van der Waals surface area contributed by atoms with Crippen LogP contribution in [0.25, 0.3) is 0 Å². The van der Waals surface area contributed by atoms with Gasteiger partial charge in [-0.05, 0) is 59.4 Å². The molecule has 264 valence electrons. The monoisotopic (exact) mass is 654 g/mol. The summed E-state index contributed by atoms with van der Waals surface area (Å²) in [6.45, 7) is 14.5. The molecule has 1 aliphatic carbocycles. The number of rotatable bonds is 15. The lowest BCUT2D eigenvalue weighted by molar-refractivity contribution is -0.141. The third-order valence-corrected chi connectivity index (χ3v) is 7.34. The zero-order chi connectivity index (χ0) is 35.8. The van der Waals surface area contributed by atoms with Crippen LogP contribution in [0.5, 0.6) is 0 Å². The lowest BCUT2D eigenvalue weighted by Gasteiger charge is -2.28. The number of ketones is 1. The highest BCUT2D eigenvalue weighted by molar-refractivity contribution is 6.38. The van der Waals surface area contributed by atoms with E-state index in [-0.39, 0.29) is 35.8 Å². The fraction of sp³-hybridized carbons (Fsp3) is 0.781. The number of hydrogen-bond donors (Lipinski definition) is 5. The second kappa shape index (κ2) is 20.5. The number of hydrogen-bond acceptors (Lipinski definition) is 9. The smallest absolute Gasteiger partial charge is 0.293 e. The van der Waals surface area contributed by atoms with Gasteiger partial charge in [0.1, 0.15) is 17.7 Å². The molecule has 1 aliphatic rings. The Hall–Kier alpha value is -3.55. The Morgan fingerprint density at radius 2 is 1.33 bits per heavy atom. The molecule has 14 nitrogen and oxygen atoms in total. The molecule has 5 amide bonds. The van der Waals surface area contributed by atoms with Gasteiger partial charge in [0.15, 0.2) is 0 Å². The highest BCUT2D eigenvalue weighted by Crippen LogP contribution is 2.17. The zero-order valence-corrected chi connectivity index (χ0v) is 29.6. The second-order valence-corrected chi connectivity index (χ2v) is 13.5. The Morgan fingerprint density at radius 1 is 0.804 bits per heavy atom. The van der Waals surface area contributed by atoms with Crippen LogP contribution < -0.4 is 26.6 Å². The van der Waals surface area contributed by atoms with E-state index in [9.17, 15) is 33.6 Å². The summed E-state index contributed by atoms with van der Waals surface area (Å²) in [5, 5.41) is 13.4. The molecule has 1 fully saturated rings. The van der Waals surface area contributed by atoms with Crippen molar-refractivity contribution in [2.75, 3.05) is 21.1 Å². The number of carbonyl (C=O) groups excluding carboxylic acids is 7. The van der Waals surface area contributed by atoms with E-state index < -0.39 is 53.6 Å². The van der Waals surface area contributed by atoms with Crippen LogP contribution in [0.3, 0.4) is 0 Å². The largest absolute Gasteiger partial charge is 0.462 e. The minimum Gasteiger partial charge on any atom is -0.462 e. The third kappa shape index (κ3) is 16.1. The summed E-state index contributed by atoms with van der Waals surface area (Å²) < 4.78 is 4.55. The molecule has 0 aromatic carbocycles. The quantitative estimate of drug-likeness (QED) is 0.126. The molecule has 0 spiro atoms. The number of likely N-dealkylation sites (N-methyl/N-ethyl adjacent to an activating group) is 1. The van der Waals surface area contributed by atoms with Gasteiger partial charge in [-0.25, -0.2) is 0 Å². The minimum atomic E-state index is -1.33. The van der Waals surface area contributed by atoms with Crippen molar-refractivity contribution >= 4 is 41.8 Å². The number of carbonyl (C=O) groups is 7. The SMILES string of the molecule is CC(C)(C)OC=O.CN[C@H](C(=O)NC(C(=O)N[C@@H](CC(=O)N(C)C)C(=O)NC(C)C(=O)C(=O)NC1CCCCC1)C(C)C)C(C)C. The van der Waals surface area contributed by atoms with Gasteiger partial charge in [-0.2, -0.15) is 0 Å². The highest BCUT2D eigenvalue weighted by atomic mass is 16.5. The van der Waals surface area contributed by atoms with Crippen molar-refractivity contribution in [3.05, 3.63) is 0 Å². The third-order valence-electron chi connectivity index (χ3n) is 7.34. The number of nitrogens with zero attached hydrogens (tertiary/aromatic N) is 1. The molecular formula is C32H58N6O8. The predicted octanol–water partition coefficient (Wildman–Crippen LogP) is 0.815. The molecule has 46 heavy (non-hydrogen) atoms. The van der Waals surface area contributed by atoms with Gasteiger partial charge in [-0.1, -0.05) is 47.0 Å². The molecule has 1 rings (SSSR count). The highest BCUT2D eigenvalue weighted by Gasteiger charge is 2.34. The molecule has 1 saturated carbocycles. The summed E-state index contributed by atoms with van der Waals surface area (Å²) in [5.74, 6) is -4.15. The van der Waals surface area contributed by atoms with Crippen LogP contribution in [-0.4, -0.2) is 104 Å². The number of amides is 5. The molecule has 0 heterocycles. The maximum atomic E-state index is 13.2. The van der Waals surface area contributed by atoms with Crippen molar-refractivity contribution in [3.63, 3.8) is 0 Å². The van der Waals surface area contributed by atoms with Crippen LogP contribution in [0.4, 0.5) is 0 Å². The first-order valence-corrected chi connectivity index (χ1v) is 16.0. The van der Waals surface area contributed by atoms with Gasteiger partial charge in [0, 0.05) is 20.1 Å². The molecule has 14 heteroatoms. The Bertz CT molecular complexity index is 1030. The first-order valence-electron chi connectivity index (χ1n) is 16.0. The van der Waals surface area contributed by atoms with Gasteiger partial charge in [-0.15, -0.1) is 0 Å². The summed E-state index contributed by atoms with van der Waals surface area (Å²) in [4.78, 5) is 87.6. The summed E-state index contributed by atoms with van der Waals surface area (Å²) in [6, 6.07) is -4.06. The maximum absolute atomic E-state index is 13.2. The van der Waals surface area contributed by atoms with Crippen molar-refractivity contribution in [3.8, 4) is 0 Å². The molecule has 4 atom stereocenters. The minimum absolute atomic E-state index is 0.0311. The molecule has 0 aliphatic heterocycles. The standard InChI is InChI=1S/C27H48N6O6.C5H10O2/c1-15(2)21(28-6)25(37)32-22(16(3)4)26(38)31-19(14-20(34)33(7)8)24(36)29-17(5)23(35)27(39)30-18-12-10-9-11-13-18;1-5(2,3)7-4-6/h15-19,21-22,28H,9-14H2,1-8H3,(H,29,36)(H,30,39)(H,31,38)(H,32,37);4H,1-3H3/t17?,19-,21-,22?;/m0./s1. The summed E-state index contributed by atoms with van der Waals surface area (Å²) in [6.07, 6.45) is 4.31. The van der Waals surface area contributed by atoms with Crippen LogP contribution in [0.15, 0.2) is 0 Å². The van der Waals surface area contributed by atoms with Gasteiger partial charge in [0.25, 0.3) is 12.4 Å². The maximum Gasteiger partial charge on any atom is 0.293 e. The summed E-state index contributed by atoms with van der Waals surface area (Å²) in [7, 11) is 4.68. The van der Waals surface area contributed by atoms with E-state index in [0.29, 0.717) is 6.47 Å². The van der Waals surface area contributed by atoms with Crippen LogP contribution in [0, 0.1) is 11.8 Å². The van der Waals surface area contributed by atoms with Crippen molar-refractivity contribution < 1.29 is 38.3 Å². The molecule has 0 bridgehead atoms. The van der Waals surface area contributed by atoms with E-state index >= 15 is 0 Å². The van der Waals surface area contributed by atoms with Gasteiger partial charge in [0.05, 0.1) is 18.5 Å². The molecule has 0 saturated heterocycles. The van der Waals surface area contributed by atoms with Crippen molar-refractivity contribution in [2.45, 2.75) is 130 Å². The van der Waals surface area contributed by atoms with E-state index in [1.165, 1.54) is 25.9 Å². The van der Waals surface area contributed by atoms with E-state index in [4.69, 9.17) is 0 Å². The van der Waals surface area contributed by atoms with Crippen molar-refractivity contribution in [2.24, 2.45) is 11.8 Å². The molecular weight excluding hydrogens is 596 g/mol. The number of Topliss-reactive ketones (excluding diaryl/α,β-unsaturated/α-hetero) is 1. The lowest BCUT2D eigenvalue weighted by atomic mass is 9.95. The lowest BCUT2D eigenvalue weighted by Crippen LogP contribution is -2.59. The van der Waals surface area contributed by atoms with Crippen LogP contribution in [0.1, 0.15) is 93.9 Å². The van der Waals surface area contributed by atoms with E-state index in [1.807, 2.05) is 34.6 Å². The van der Waals surface area contributed by atoms with E-state index in [0.717, 1.165) is 32.1 Å². The second-order valence-electron chi connectivity index (χ2n) is 13.5. The van der Waals surface area contributed by atoms with Gasteiger partial charge in [0.2, 0.25) is 29.4 Å². The average Bonchev–Trinajstić information content (AvgIpc) is 2.94. The summed E-state index contributed by atoms with van der Waals surface area (Å²) >= 11 is 0. The van der Waals surface area contributed by atoms with E-state index in [2.05, 4.69) is 31.3 Å². The average molecular weight is 655 g/mol. The predicted molar refractivity (Wildman–Crippen MR) is 174 cm³/mol. The molecule has 0 radical (unpaired) electrons. The Balaban J connectivity index is 0.00000258. The summed E-state index contributed by atoms with van der Waals surface area (Å²) in [5.41, 5.74) is -0.318. The van der Waals surface area contributed by atoms with Gasteiger partial charge >= 0.3 is 0 Å². The van der Waals surface area contributed by atoms with Crippen LogP contribution >= 0.6 is 0 Å². The zero-order valence-electron chi connectivity index (χ0n) is 29.6. The molecule has 5 N–H and O–H groups in total. The topological polar surface area (TPSA) is 192 Å². The normalized spacial score (nSPS) is 16.0. The molecule has 2 unspecified atom stereocenters. The Kier molecular flexibility index (Phi) is 19.0. The van der Waals surface area contributed by atoms with Crippen molar-refractivity contribution in [1.29, 1.82) is 0 Å². The molecule has 0 aromatic heterocycles. The first-order chi connectivity index (χ1) is 21.2.